The van der Waals surface area contributed by atoms with Gasteiger partial charge in [0, 0.05) is 41.3 Å². The van der Waals surface area contributed by atoms with E-state index in [0.717, 1.165) is 0 Å². The normalized spacial score (nSPS) is 9.67. The van der Waals surface area contributed by atoms with Crippen LogP contribution in [0.15, 0.2) is 0 Å². The van der Waals surface area contributed by atoms with Crippen molar-refractivity contribution in [3.05, 3.63) is 0 Å². The van der Waals surface area contributed by atoms with Gasteiger partial charge >= 0.3 is 29.4 Å². The third-order valence-corrected chi connectivity index (χ3v) is 0. The molecule has 6 heavy (non-hydrogen) atoms. The Morgan fingerprint density at radius 1 is 1.17 bits per heavy atom. The van der Waals surface area contributed by atoms with Crippen LogP contribution in [0.1, 0.15) is 0 Å². The van der Waals surface area contributed by atoms with E-state index in [2.05, 4.69) is 0 Å². The molecule has 0 unspecified atom stereocenters. The summed E-state index contributed by atoms with van der Waals surface area (Å²) in [6.45, 7) is 0. The molecule has 0 saturated carbocycles. The van der Waals surface area contributed by atoms with Crippen molar-refractivity contribution < 1.29 is 57.3 Å². The van der Waals surface area contributed by atoms with Crippen LogP contribution < -0.4 is 0 Å². The summed E-state index contributed by atoms with van der Waals surface area (Å²) in [5.41, 5.74) is 0. The largest absolute Gasteiger partial charge is 0 e. The molecule has 0 aromatic heterocycles. The van der Waals surface area contributed by atoms with Gasteiger partial charge in [0.2, 0.25) is 0 Å². The van der Waals surface area contributed by atoms with Crippen molar-refractivity contribution in [2.75, 3.05) is 0 Å². The van der Waals surface area contributed by atoms with E-state index in [1.54, 1.807) is 0 Å². The van der Waals surface area contributed by atoms with Gasteiger partial charge < -0.3 is 0 Å². The summed E-state index contributed by atoms with van der Waals surface area (Å²) in [5.74, 6) is 0. The van der Waals surface area contributed by atoms with Crippen molar-refractivity contribution in [2.24, 2.45) is 0 Å². The fourth-order valence-electron chi connectivity index (χ4n) is 0. The predicted molar refractivity (Wildman–Crippen MR) is 11.6 cm³/mol. The van der Waals surface area contributed by atoms with Crippen LogP contribution in [0.5, 0.6) is 0 Å². The summed E-state index contributed by atoms with van der Waals surface area (Å²) in [6.07, 6.45) is 0. The summed E-state index contributed by atoms with van der Waals surface area (Å²) >= 11 is -5.25. The summed E-state index contributed by atoms with van der Waals surface area (Å²) in [5, 5.41) is 0. The molecule has 6 heteroatoms. The monoisotopic (exact) mass is 287 g/mol. The van der Waals surface area contributed by atoms with Crippen molar-refractivity contribution in [3.63, 3.8) is 0 Å². The van der Waals surface area contributed by atoms with Gasteiger partial charge in [-0.15, -0.1) is 0 Å². The topological polar surface area (TPSA) is 74.6 Å². The molecule has 0 rings (SSSR count). The first kappa shape index (κ1) is 10.4. The first-order chi connectivity index (χ1) is 2.00. The van der Waals surface area contributed by atoms with Gasteiger partial charge in [-0.1, -0.05) is 0 Å². The van der Waals surface area contributed by atoms with Crippen molar-refractivity contribution in [1.82, 2.24) is 0 Å². The third-order valence-electron chi connectivity index (χ3n) is 0. The molecular weight excluding hydrogens is 284 g/mol. The zero-order chi connectivity index (χ0) is 4.50. The minimum Gasteiger partial charge on any atom is 0 e. The maximum absolute atomic E-state index is 8.82. The van der Waals surface area contributed by atoms with E-state index >= 15 is 0 Å². The summed E-state index contributed by atoms with van der Waals surface area (Å²) in [7, 11) is 0. The molecule has 0 aliphatic carbocycles. The Hall–Kier alpha value is 1.40. The van der Waals surface area contributed by atoms with Gasteiger partial charge in [0.15, 0.2) is 0 Å². The van der Waals surface area contributed by atoms with Crippen molar-refractivity contribution in [3.8, 4) is 0 Å². The number of hydrogen-bond acceptors (Lipinski definition) is 2. The van der Waals surface area contributed by atoms with E-state index in [-0.39, 0.29) is 41.3 Å². The van der Waals surface area contributed by atoms with Gasteiger partial charge in [0.1, 0.15) is 0 Å². The molecule has 0 amide bonds. The number of hydrogen-bond donors (Lipinski definition) is 2. The summed E-state index contributed by atoms with van der Waals surface area (Å²) in [4.78, 5) is 0. The zero-order valence-corrected chi connectivity index (χ0v) is 8.11. The molecule has 2 N–H and O–H groups in total. The molecule has 0 atom stereocenters. The van der Waals surface area contributed by atoms with Gasteiger partial charge in [-0.2, -0.15) is 0 Å². The van der Waals surface area contributed by atoms with Gasteiger partial charge in [-0.25, -0.2) is 0 Å². The van der Waals surface area contributed by atoms with Crippen LogP contribution in [-0.4, -0.2) is 21.7 Å². The Morgan fingerprint density at radius 3 is 1.17 bits per heavy atom. The van der Waals surface area contributed by atoms with Crippen LogP contribution in [0.3, 0.4) is 0 Å². The van der Waals surface area contributed by atoms with E-state index in [1.807, 2.05) is 0 Å². The van der Waals surface area contributed by atoms with Gasteiger partial charge in [0.05, 0.1) is 0 Å². The SMILES string of the molecule is O=[Se](=O)(O)O.[Pr]. The minimum atomic E-state index is -5.25. The molecule has 0 aliphatic heterocycles. The zero-order valence-electron chi connectivity index (χ0n) is 2.70. The fourth-order valence-corrected chi connectivity index (χ4v) is 0. The summed E-state index contributed by atoms with van der Waals surface area (Å²) in [6, 6.07) is 0. The van der Waals surface area contributed by atoms with E-state index in [9.17, 15) is 0 Å². The second kappa shape index (κ2) is 3.41. The molecule has 35 valence electrons. The van der Waals surface area contributed by atoms with Crippen LogP contribution in [0.25, 0.3) is 0 Å². The first-order valence-electron chi connectivity index (χ1n) is 0.698. The molecule has 0 aromatic carbocycles. The standard InChI is InChI=1S/H2O4Se.Pr/c1-5(2,3)4;/h(H2,1,2,3,4);. The summed E-state index contributed by atoms with van der Waals surface area (Å²) < 4.78 is 31.9. The molecule has 0 saturated heterocycles. The second-order valence-electron chi connectivity index (χ2n) is 0.448. The Labute approximate surface area is 69.8 Å². The molecule has 4 nitrogen and oxygen atoms in total. The predicted octanol–water partition coefficient (Wildman–Crippen LogP) is -1.73. The quantitative estimate of drug-likeness (QED) is 0.519. The van der Waals surface area contributed by atoms with Crippen molar-refractivity contribution in [2.45, 2.75) is 0 Å². The van der Waals surface area contributed by atoms with Gasteiger partial charge in [0.25, 0.3) is 0 Å². The molecule has 0 fully saturated rings. The smallest absolute Gasteiger partial charge is 0 e. The minimum absolute atomic E-state index is 0. The Bertz CT molecular complexity index is 90.7. The first-order valence-corrected chi connectivity index (χ1v) is 3.63. The Morgan fingerprint density at radius 2 is 1.17 bits per heavy atom. The van der Waals surface area contributed by atoms with E-state index in [4.69, 9.17) is 16.0 Å². The second-order valence-corrected chi connectivity index (χ2v) is 2.33. The van der Waals surface area contributed by atoms with Crippen LogP contribution in [0, 0.1) is 41.3 Å². The van der Waals surface area contributed by atoms with Crippen LogP contribution in [0.4, 0.5) is 0 Å². The van der Waals surface area contributed by atoms with Crippen molar-refractivity contribution >= 4 is 13.4 Å². The average Bonchev–Trinajstić information content (AvgIpc) is 0.722. The maximum atomic E-state index is 8.82. The molecule has 0 bridgehead atoms. The van der Waals surface area contributed by atoms with E-state index in [1.165, 1.54) is 0 Å². The molecular formula is H2O4PrSe. The Balaban J connectivity index is 0. The molecule has 0 aromatic rings. The van der Waals surface area contributed by atoms with E-state index in [0.29, 0.717) is 0 Å². The van der Waals surface area contributed by atoms with Crippen LogP contribution in [-0.2, 0) is 7.67 Å². The van der Waals surface area contributed by atoms with Crippen LogP contribution >= 0.6 is 0 Å². The molecule has 0 aliphatic rings. The van der Waals surface area contributed by atoms with Gasteiger partial charge in [-0.05, 0) is 0 Å². The van der Waals surface area contributed by atoms with Gasteiger partial charge in [-0.3, -0.25) is 0 Å². The number of rotatable bonds is 0. The third kappa shape index (κ3) is 53.2. The molecule has 0 spiro atoms. The molecule has 1 radical (unpaired) electrons. The molecule has 0 heterocycles. The average molecular weight is 286 g/mol. The Kier molecular flexibility index (Phi) is 5.91. The van der Waals surface area contributed by atoms with Crippen LogP contribution in [0.2, 0.25) is 0 Å². The van der Waals surface area contributed by atoms with Crippen molar-refractivity contribution in [1.29, 1.82) is 0 Å². The van der Waals surface area contributed by atoms with E-state index < -0.39 is 13.4 Å². The maximum Gasteiger partial charge on any atom is 0 e. The fraction of sp³-hybridized carbons (Fsp3) is 0.